The minimum Gasteiger partial charge on any atom is -0.399 e. The molecule has 3 N–H and O–H groups in total. The highest BCUT2D eigenvalue weighted by Gasteiger charge is 2.22. The SMILES string of the molecule is COCC(C)NC(=O)CS(=O)(=O)c1cc(N)ccc1C. The Kier molecular flexibility index (Phi) is 5.52. The number of amides is 1. The van der Waals surface area contributed by atoms with Gasteiger partial charge < -0.3 is 15.8 Å². The van der Waals surface area contributed by atoms with E-state index in [-0.39, 0.29) is 10.9 Å². The van der Waals surface area contributed by atoms with Gasteiger partial charge in [0.1, 0.15) is 5.75 Å². The molecular weight excluding hydrogens is 280 g/mol. The van der Waals surface area contributed by atoms with Gasteiger partial charge in [-0.2, -0.15) is 0 Å². The second-order valence-corrected chi connectivity index (χ2v) is 6.67. The van der Waals surface area contributed by atoms with Crippen LogP contribution in [0.5, 0.6) is 0 Å². The van der Waals surface area contributed by atoms with Gasteiger partial charge in [0.2, 0.25) is 5.91 Å². The molecule has 1 atom stereocenters. The van der Waals surface area contributed by atoms with E-state index in [0.717, 1.165) is 0 Å². The summed E-state index contributed by atoms with van der Waals surface area (Å²) in [5.74, 6) is -1.16. The summed E-state index contributed by atoms with van der Waals surface area (Å²) >= 11 is 0. The van der Waals surface area contributed by atoms with Gasteiger partial charge in [-0.1, -0.05) is 6.07 Å². The lowest BCUT2D eigenvalue weighted by atomic mass is 10.2. The Labute approximate surface area is 119 Å². The third kappa shape index (κ3) is 4.50. The van der Waals surface area contributed by atoms with Crippen molar-refractivity contribution in [3.63, 3.8) is 0 Å². The van der Waals surface area contributed by atoms with Gasteiger partial charge in [0.05, 0.1) is 11.5 Å². The lowest BCUT2D eigenvalue weighted by molar-refractivity contribution is -0.119. The second kappa shape index (κ2) is 6.71. The molecule has 0 bridgehead atoms. The molecule has 20 heavy (non-hydrogen) atoms. The summed E-state index contributed by atoms with van der Waals surface area (Å²) in [6.07, 6.45) is 0. The lowest BCUT2D eigenvalue weighted by Crippen LogP contribution is -2.39. The normalized spacial score (nSPS) is 12.9. The maximum atomic E-state index is 12.2. The second-order valence-electron chi connectivity index (χ2n) is 4.71. The van der Waals surface area contributed by atoms with Crippen LogP contribution in [0.15, 0.2) is 23.1 Å². The molecule has 0 radical (unpaired) electrons. The fourth-order valence-corrected chi connectivity index (χ4v) is 3.27. The van der Waals surface area contributed by atoms with Crippen LogP contribution in [-0.2, 0) is 19.4 Å². The number of aryl methyl sites for hydroxylation is 1. The number of nitrogen functional groups attached to an aromatic ring is 1. The fraction of sp³-hybridized carbons (Fsp3) is 0.462. The van der Waals surface area contributed by atoms with Crippen LogP contribution < -0.4 is 11.1 Å². The highest BCUT2D eigenvalue weighted by atomic mass is 32.2. The van der Waals surface area contributed by atoms with Crippen molar-refractivity contribution >= 4 is 21.4 Å². The highest BCUT2D eigenvalue weighted by molar-refractivity contribution is 7.92. The summed E-state index contributed by atoms with van der Waals surface area (Å²) < 4.78 is 29.3. The van der Waals surface area contributed by atoms with Gasteiger partial charge in [-0.3, -0.25) is 4.79 Å². The smallest absolute Gasteiger partial charge is 0.235 e. The van der Waals surface area contributed by atoms with E-state index >= 15 is 0 Å². The van der Waals surface area contributed by atoms with Gasteiger partial charge in [-0.25, -0.2) is 8.42 Å². The minimum absolute atomic E-state index is 0.0899. The Morgan fingerprint density at radius 1 is 1.45 bits per heavy atom. The molecule has 1 aromatic rings. The topological polar surface area (TPSA) is 98.5 Å². The van der Waals surface area contributed by atoms with Crippen LogP contribution >= 0.6 is 0 Å². The van der Waals surface area contributed by atoms with Gasteiger partial charge >= 0.3 is 0 Å². The van der Waals surface area contributed by atoms with Crippen molar-refractivity contribution in [3.8, 4) is 0 Å². The Hall–Kier alpha value is -1.60. The zero-order valence-electron chi connectivity index (χ0n) is 11.8. The predicted molar refractivity (Wildman–Crippen MR) is 77.1 cm³/mol. The van der Waals surface area contributed by atoms with Gasteiger partial charge in [0, 0.05) is 18.8 Å². The molecule has 0 spiro atoms. The Bertz CT molecular complexity index is 584. The summed E-state index contributed by atoms with van der Waals surface area (Å²) in [4.78, 5) is 11.8. The molecule has 0 aliphatic rings. The molecule has 7 heteroatoms. The van der Waals surface area contributed by atoms with Crippen molar-refractivity contribution in [1.29, 1.82) is 0 Å². The number of carbonyl (C=O) groups excluding carboxylic acids is 1. The highest BCUT2D eigenvalue weighted by Crippen LogP contribution is 2.19. The van der Waals surface area contributed by atoms with Crippen LogP contribution in [0.4, 0.5) is 5.69 Å². The third-order valence-electron chi connectivity index (χ3n) is 2.69. The monoisotopic (exact) mass is 300 g/mol. The van der Waals surface area contributed by atoms with E-state index in [1.807, 2.05) is 0 Å². The molecular formula is C13H20N2O4S. The molecule has 1 aromatic carbocycles. The number of hydrogen-bond acceptors (Lipinski definition) is 5. The molecule has 0 aliphatic carbocycles. The van der Waals surface area contributed by atoms with Crippen molar-refractivity contribution in [2.24, 2.45) is 0 Å². The van der Waals surface area contributed by atoms with Crippen molar-refractivity contribution in [2.45, 2.75) is 24.8 Å². The average Bonchev–Trinajstić information content (AvgIpc) is 2.31. The van der Waals surface area contributed by atoms with Gasteiger partial charge in [0.25, 0.3) is 0 Å². The van der Waals surface area contributed by atoms with Crippen molar-refractivity contribution in [2.75, 3.05) is 25.2 Å². The summed E-state index contributed by atoms with van der Waals surface area (Å²) in [5.41, 5.74) is 6.51. The van der Waals surface area contributed by atoms with Crippen LogP contribution in [-0.4, -0.2) is 39.8 Å². The third-order valence-corrected chi connectivity index (χ3v) is 4.44. The standard InChI is InChI=1S/C13H20N2O4S/c1-9-4-5-11(14)6-12(9)20(17,18)8-13(16)15-10(2)7-19-3/h4-6,10H,7-8,14H2,1-3H3,(H,15,16). The minimum atomic E-state index is -3.71. The molecule has 6 nitrogen and oxygen atoms in total. The first-order valence-electron chi connectivity index (χ1n) is 6.13. The number of nitrogens with two attached hydrogens (primary N) is 1. The quantitative estimate of drug-likeness (QED) is 0.746. The van der Waals surface area contributed by atoms with Crippen LogP contribution in [0, 0.1) is 6.92 Å². The first-order chi connectivity index (χ1) is 9.26. The first kappa shape index (κ1) is 16.5. The largest absolute Gasteiger partial charge is 0.399 e. The van der Waals surface area contributed by atoms with E-state index in [2.05, 4.69) is 5.32 Å². The van der Waals surface area contributed by atoms with Gasteiger partial charge in [0.15, 0.2) is 9.84 Å². The van der Waals surface area contributed by atoms with Crippen molar-refractivity contribution < 1.29 is 17.9 Å². The van der Waals surface area contributed by atoms with Crippen LogP contribution in [0.25, 0.3) is 0 Å². The van der Waals surface area contributed by atoms with E-state index in [1.54, 1.807) is 26.0 Å². The van der Waals surface area contributed by atoms with Crippen LogP contribution in [0.3, 0.4) is 0 Å². The number of anilines is 1. The summed E-state index contributed by atoms with van der Waals surface area (Å²) in [7, 11) is -2.20. The maximum Gasteiger partial charge on any atom is 0.235 e. The van der Waals surface area contributed by atoms with E-state index in [0.29, 0.717) is 17.9 Å². The van der Waals surface area contributed by atoms with Crippen molar-refractivity contribution in [3.05, 3.63) is 23.8 Å². The average molecular weight is 300 g/mol. The van der Waals surface area contributed by atoms with E-state index < -0.39 is 21.5 Å². The lowest BCUT2D eigenvalue weighted by Gasteiger charge is -2.13. The summed E-state index contributed by atoms with van der Waals surface area (Å²) in [5, 5.41) is 2.57. The van der Waals surface area contributed by atoms with E-state index in [4.69, 9.17) is 10.5 Å². The number of sulfone groups is 1. The molecule has 0 saturated carbocycles. The number of carbonyl (C=O) groups is 1. The molecule has 0 aromatic heterocycles. The molecule has 112 valence electrons. The number of ether oxygens (including phenoxy) is 1. The fourth-order valence-electron chi connectivity index (χ4n) is 1.81. The van der Waals surface area contributed by atoms with Crippen LogP contribution in [0.2, 0.25) is 0 Å². The number of rotatable bonds is 6. The predicted octanol–water partition coefficient (Wildman–Crippen LogP) is 0.502. The Balaban J connectivity index is 2.85. The Morgan fingerprint density at radius 3 is 2.70 bits per heavy atom. The Morgan fingerprint density at radius 2 is 2.10 bits per heavy atom. The van der Waals surface area contributed by atoms with Gasteiger partial charge in [-0.05, 0) is 31.5 Å². The molecule has 0 heterocycles. The first-order valence-corrected chi connectivity index (χ1v) is 7.78. The van der Waals surface area contributed by atoms with E-state index in [1.165, 1.54) is 13.2 Å². The van der Waals surface area contributed by atoms with Crippen LogP contribution in [0.1, 0.15) is 12.5 Å². The maximum absolute atomic E-state index is 12.2. The number of nitrogens with one attached hydrogen (secondary N) is 1. The molecule has 0 saturated heterocycles. The zero-order valence-corrected chi connectivity index (χ0v) is 12.7. The summed E-state index contributed by atoms with van der Waals surface area (Å²) in [6.45, 7) is 3.72. The van der Waals surface area contributed by atoms with Crippen molar-refractivity contribution in [1.82, 2.24) is 5.32 Å². The zero-order chi connectivity index (χ0) is 15.3. The molecule has 1 amide bonds. The number of methoxy groups -OCH3 is 1. The summed E-state index contributed by atoms with van der Waals surface area (Å²) in [6, 6.07) is 4.36. The molecule has 0 fully saturated rings. The molecule has 0 aliphatic heterocycles. The molecule has 1 unspecified atom stereocenters. The van der Waals surface area contributed by atoms with Gasteiger partial charge in [-0.15, -0.1) is 0 Å². The van der Waals surface area contributed by atoms with E-state index in [9.17, 15) is 13.2 Å². The number of benzene rings is 1. The molecule has 1 rings (SSSR count). The number of hydrogen-bond donors (Lipinski definition) is 2.